The molecular formula is C9H16O5. The largest absolute Gasteiger partial charge is 0.481 e. The van der Waals surface area contributed by atoms with Gasteiger partial charge < -0.3 is 15.3 Å². The van der Waals surface area contributed by atoms with Crippen molar-refractivity contribution in [2.75, 3.05) is 0 Å². The van der Waals surface area contributed by atoms with Crippen LogP contribution in [0.5, 0.6) is 0 Å². The Labute approximate surface area is 82.4 Å². The number of unbranched alkanes of at least 4 members (excludes halogenated alkanes) is 2. The van der Waals surface area contributed by atoms with E-state index in [1.165, 1.54) is 0 Å². The fourth-order valence-electron chi connectivity index (χ4n) is 1.20. The first-order chi connectivity index (χ1) is 6.50. The molecular weight excluding hydrogens is 188 g/mol. The summed E-state index contributed by atoms with van der Waals surface area (Å²) in [5, 5.41) is 26.2. The molecule has 0 unspecified atom stereocenters. The molecule has 0 aliphatic carbocycles. The zero-order valence-corrected chi connectivity index (χ0v) is 8.14. The summed E-state index contributed by atoms with van der Waals surface area (Å²) in [6, 6.07) is 0. The fraction of sp³-hybridized carbons (Fsp3) is 0.778. The molecule has 0 saturated carbocycles. The molecule has 0 fully saturated rings. The predicted molar refractivity (Wildman–Crippen MR) is 48.9 cm³/mol. The number of aliphatic carboxylic acids is 2. The van der Waals surface area contributed by atoms with Crippen LogP contribution >= 0.6 is 0 Å². The van der Waals surface area contributed by atoms with Crippen molar-refractivity contribution < 1.29 is 24.9 Å². The lowest BCUT2D eigenvalue weighted by atomic mass is 9.95. The topological polar surface area (TPSA) is 94.8 Å². The molecule has 0 bridgehead atoms. The van der Waals surface area contributed by atoms with E-state index in [0.717, 1.165) is 12.8 Å². The van der Waals surface area contributed by atoms with Gasteiger partial charge in [-0.25, -0.2) is 4.79 Å². The fourth-order valence-corrected chi connectivity index (χ4v) is 1.20. The highest BCUT2D eigenvalue weighted by atomic mass is 16.4. The maximum Gasteiger partial charge on any atom is 0.333 e. The predicted octanol–water partition coefficient (Wildman–Crippen LogP) is 0.713. The van der Waals surface area contributed by atoms with Crippen molar-refractivity contribution in [2.45, 2.75) is 38.7 Å². The first-order valence-electron chi connectivity index (χ1n) is 4.64. The quantitative estimate of drug-likeness (QED) is 0.531. The summed E-state index contributed by atoms with van der Waals surface area (Å²) in [6.45, 7) is 1.96. The van der Waals surface area contributed by atoms with Gasteiger partial charge in [-0.3, -0.25) is 4.79 Å². The van der Waals surface area contributed by atoms with Crippen LogP contribution < -0.4 is 0 Å². The normalized spacial score (nSPS) is 14.7. The molecule has 5 heteroatoms. The van der Waals surface area contributed by atoms with Gasteiger partial charge in [0.05, 0.1) is 5.92 Å². The zero-order valence-electron chi connectivity index (χ0n) is 8.14. The SMILES string of the molecule is CCCCC[C@@H](C(=O)O)[C@H](O)C(=O)O. The van der Waals surface area contributed by atoms with Crippen LogP contribution in [0.3, 0.4) is 0 Å². The second-order valence-corrected chi connectivity index (χ2v) is 3.22. The molecule has 3 N–H and O–H groups in total. The smallest absolute Gasteiger partial charge is 0.333 e. The lowest BCUT2D eigenvalue weighted by Gasteiger charge is -2.14. The Kier molecular flexibility index (Phi) is 5.87. The number of rotatable bonds is 7. The maximum atomic E-state index is 10.6. The Balaban J connectivity index is 4.15. The van der Waals surface area contributed by atoms with Gasteiger partial charge in [-0.1, -0.05) is 26.2 Å². The third kappa shape index (κ3) is 4.23. The molecule has 14 heavy (non-hydrogen) atoms. The molecule has 82 valence electrons. The molecule has 0 rings (SSSR count). The molecule has 0 aromatic rings. The third-order valence-corrected chi connectivity index (χ3v) is 2.07. The van der Waals surface area contributed by atoms with Crippen LogP contribution in [0.15, 0.2) is 0 Å². The van der Waals surface area contributed by atoms with Crippen molar-refractivity contribution in [2.24, 2.45) is 5.92 Å². The first kappa shape index (κ1) is 12.9. The molecule has 5 nitrogen and oxygen atoms in total. The van der Waals surface area contributed by atoms with E-state index in [2.05, 4.69) is 0 Å². The summed E-state index contributed by atoms with van der Waals surface area (Å²) in [4.78, 5) is 21.0. The van der Waals surface area contributed by atoms with E-state index in [9.17, 15) is 9.59 Å². The minimum Gasteiger partial charge on any atom is -0.481 e. The minimum atomic E-state index is -1.80. The number of aliphatic hydroxyl groups is 1. The average molecular weight is 204 g/mol. The Morgan fingerprint density at radius 3 is 2.07 bits per heavy atom. The van der Waals surface area contributed by atoms with E-state index < -0.39 is 24.0 Å². The van der Waals surface area contributed by atoms with Crippen LogP contribution in [0, 0.1) is 5.92 Å². The van der Waals surface area contributed by atoms with Crippen molar-refractivity contribution in [3.05, 3.63) is 0 Å². The van der Waals surface area contributed by atoms with E-state index in [4.69, 9.17) is 15.3 Å². The van der Waals surface area contributed by atoms with E-state index in [1.807, 2.05) is 6.92 Å². The summed E-state index contributed by atoms with van der Waals surface area (Å²) >= 11 is 0. The van der Waals surface area contributed by atoms with Gasteiger partial charge >= 0.3 is 11.9 Å². The minimum absolute atomic E-state index is 0.205. The lowest BCUT2D eigenvalue weighted by Crippen LogP contribution is -2.34. The Bertz CT molecular complexity index is 201. The van der Waals surface area contributed by atoms with Crippen LogP contribution in [0.4, 0.5) is 0 Å². The van der Waals surface area contributed by atoms with Crippen molar-refractivity contribution in [3.8, 4) is 0 Å². The van der Waals surface area contributed by atoms with Crippen molar-refractivity contribution in [1.82, 2.24) is 0 Å². The first-order valence-corrected chi connectivity index (χ1v) is 4.64. The van der Waals surface area contributed by atoms with Crippen LogP contribution in [-0.2, 0) is 9.59 Å². The Morgan fingerprint density at radius 2 is 1.71 bits per heavy atom. The van der Waals surface area contributed by atoms with E-state index in [1.54, 1.807) is 0 Å². The van der Waals surface area contributed by atoms with Crippen molar-refractivity contribution >= 4 is 11.9 Å². The molecule has 0 aromatic carbocycles. The number of aliphatic hydroxyl groups excluding tert-OH is 1. The van der Waals surface area contributed by atoms with Crippen molar-refractivity contribution in [1.29, 1.82) is 0 Å². The van der Waals surface area contributed by atoms with Gasteiger partial charge in [0.1, 0.15) is 0 Å². The summed E-state index contributed by atoms with van der Waals surface area (Å²) < 4.78 is 0. The van der Waals surface area contributed by atoms with Gasteiger partial charge in [0.15, 0.2) is 6.10 Å². The molecule has 2 atom stereocenters. The number of carbonyl (C=O) groups is 2. The highest BCUT2D eigenvalue weighted by Gasteiger charge is 2.31. The van der Waals surface area contributed by atoms with Gasteiger partial charge in [-0.05, 0) is 6.42 Å². The monoisotopic (exact) mass is 204 g/mol. The third-order valence-electron chi connectivity index (χ3n) is 2.07. The number of hydrogen-bond donors (Lipinski definition) is 3. The van der Waals surface area contributed by atoms with Gasteiger partial charge in [-0.15, -0.1) is 0 Å². The second kappa shape index (κ2) is 6.37. The Hall–Kier alpha value is -1.10. The van der Waals surface area contributed by atoms with Gasteiger partial charge in [0, 0.05) is 0 Å². The summed E-state index contributed by atoms with van der Waals surface area (Å²) in [5.74, 6) is -3.93. The van der Waals surface area contributed by atoms with E-state index in [-0.39, 0.29) is 6.42 Å². The molecule has 0 heterocycles. The Morgan fingerprint density at radius 1 is 1.14 bits per heavy atom. The number of hydrogen-bond acceptors (Lipinski definition) is 3. The van der Waals surface area contributed by atoms with Gasteiger partial charge in [0.2, 0.25) is 0 Å². The molecule has 0 spiro atoms. The molecule has 0 radical (unpaired) electrons. The van der Waals surface area contributed by atoms with Crippen LogP contribution in [0.1, 0.15) is 32.6 Å². The van der Waals surface area contributed by atoms with Crippen LogP contribution in [-0.4, -0.2) is 33.4 Å². The molecule has 0 aliphatic rings. The summed E-state index contributed by atoms with van der Waals surface area (Å²) in [7, 11) is 0. The maximum absolute atomic E-state index is 10.6. The zero-order chi connectivity index (χ0) is 11.1. The molecule has 0 saturated heterocycles. The van der Waals surface area contributed by atoms with Crippen LogP contribution in [0.2, 0.25) is 0 Å². The van der Waals surface area contributed by atoms with Gasteiger partial charge in [0.25, 0.3) is 0 Å². The second-order valence-electron chi connectivity index (χ2n) is 3.22. The highest BCUT2D eigenvalue weighted by molar-refractivity contribution is 5.81. The average Bonchev–Trinajstić information content (AvgIpc) is 2.10. The summed E-state index contributed by atoms with van der Waals surface area (Å²) in [6.07, 6.45) is 0.796. The molecule has 0 aliphatic heterocycles. The standard InChI is InChI=1S/C9H16O5/c1-2-3-4-5-6(8(11)12)7(10)9(13)14/h6-7,10H,2-5H2,1H3,(H,11,12)(H,13,14)/t6-,7+/m1/s1. The summed E-state index contributed by atoms with van der Waals surface area (Å²) in [5.41, 5.74) is 0. The number of carboxylic acids is 2. The lowest BCUT2D eigenvalue weighted by molar-refractivity contribution is -0.159. The molecule has 0 amide bonds. The van der Waals surface area contributed by atoms with E-state index >= 15 is 0 Å². The van der Waals surface area contributed by atoms with E-state index in [0.29, 0.717) is 6.42 Å². The number of carboxylic acid groups (broad SMARTS) is 2. The van der Waals surface area contributed by atoms with Gasteiger partial charge in [-0.2, -0.15) is 0 Å². The molecule has 0 aromatic heterocycles. The van der Waals surface area contributed by atoms with Crippen LogP contribution in [0.25, 0.3) is 0 Å². The van der Waals surface area contributed by atoms with Crippen molar-refractivity contribution in [3.63, 3.8) is 0 Å². The highest BCUT2D eigenvalue weighted by Crippen LogP contribution is 2.14.